The van der Waals surface area contributed by atoms with Crippen molar-refractivity contribution in [3.8, 4) is 0 Å². The highest BCUT2D eigenvalue weighted by Gasteiger charge is 2.32. The summed E-state index contributed by atoms with van der Waals surface area (Å²) in [6.07, 6.45) is 1.27. The Kier molecular flexibility index (Phi) is 3.48. The molecule has 0 radical (unpaired) electrons. The van der Waals surface area contributed by atoms with Crippen LogP contribution in [0.25, 0.3) is 0 Å². The maximum atomic E-state index is 10.6. The summed E-state index contributed by atoms with van der Waals surface area (Å²) in [4.78, 5) is 12.7. The van der Waals surface area contributed by atoms with Gasteiger partial charge in [-0.25, -0.2) is 0 Å². The molecular weight excluding hydrogens is 242 g/mol. The number of nitrogens with one attached hydrogen (secondary N) is 1. The van der Waals surface area contributed by atoms with Crippen molar-refractivity contribution >= 4 is 5.69 Å². The molecule has 1 N–H and O–H groups in total. The molecule has 2 unspecified atom stereocenters. The molecule has 0 amide bonds. The van der Waals surface area contributed by atoms with Crippen molar-refractivity contribution in [2.75, 3.05) is 26.2 Å². The molecule has 2 heterocycles. The van der Waals surface area contributed by atoms with Crippen LogP contribution >= 0.6 is 0 Å². The molecule has 0 aromatic heterocycles. The van der Waals surface area contributed by atoms with Crippen molar-refractivity contribution in [1.29, 1.82) is 0 Å². The van der Waals surface area contributed by atoms with E-state index in [1.165, 1.54) is 13.0 Å². The Bertz CT molecular complexity index is 460. The Labute approximate surface area is 112 Å². The van der Waals surface area contributed by atoms with Gasteiger partial charge in [0.05, 0.1) is 4.92 Å². The lowest BCUT2D eigenvalue weighted by Gasteiger charge is -2.34. The number of piperidine rings is 1. The fourth-order valence-corrected chi connectivity index (χ4v) is 3.24. The lowest BCUT2D eigenvalue weighted by Crippen LogP contribution is -2.39. The van der Waals surface area contributed by atoms with E-state index in [1.807, 2.05) is 12.1 Å². The lowest BCUT2D eigenvalue weighted by atomic mass is 9.88. The number of fused-ring (bicyclic) bond motifs is 1. The summed E-state index contributed by atoms with van der Waals surface area (Å²) in [6, 6.07) is 6.94. The average Bonchev–Trinajstić information content (AvgIpc) is 2.87. The van der Waals surface area contributed by atoms with Crippen LogP contribution in [-0.4, -0.2) is 36.0 Å². The molecule has 0 spiro atoms. The summed E-state index contributed by atoms with van der Waals surface area (Å²) in [5.74, 6) is 1.64. The highest BCUT2D eigenvalue weighted by molar-refractivity contribution is 5.32. The second-order valence-electron chi connectivity index (χ2n) is 5.63. The summed E-state index contributed by atoms with van der Waals surface area (Å²) >= 11 is 0. The molecule has 5 nitrogen and oxygen atoms in total. The van der Waals surface area contributed by atoms with Crippen LogP contribution in [0.15, 0.2) is 24.3 Å². The molecule has 5 heteroatoms. The van der Waals surface area contributed by atoms with E-state index in [0.29, 0.717) is 0 Å². The Hall–Kier alpha value is -1.46. The van der Waals surface area contributed by atoms with Gasteiger partial charge in [0.15, 0.2) is 0 Å². The first-order valence-corrected chi connectivity index (χ1v) is 6.89. The first-order chi connectivity index (χ1) is 9.22. The predicted molar refractivity (Wildman–Crippen MR) is 72.8 cm³/mol. The van der Waals surface area contributed by atoms with E-state index in [1.54, 1.807) is 12.1 Å². The third kappa shape index (κ3) is 2.77. The number of non-ortho nitro benzene ring substituents is 1. The third-order valence-electron chi connectivity index (χ3n) is 4.34. The summed E-state index contributed by atoms with van der Waals surface area (Å²) < 4.78 is 0. The van der Waals surface area contributed by atoms with Gasteiger partial charge in [0.25, 0.3) is 5.69 Å². The molecule has 2 saturated heterocycles. The predicted octanol–water partition coefficient (Wildman–Crippen LogP) is 1.64. The maximum absolute atomic E-state index is 10.6. The van der Waals surface area contributed by atoms with Gasteiger partial charge in [-0.3, -0.25) is 15.0 Å². The van der Waals surface area contributed by atoms with E-state index in [9.17, 15) is 10.1 Å². The average molecular weight is 261 g/mol. The van der Waals surface area contributed by atoms with Gasteiger partial charge in [-0.05, 0) is 43.5 Å². The first kappa shape index (κ1) is 12.6. The Morgan fingerprint density at radius 2 is 2.00 bits per heavy atom. The molecule has 19 heavy (non-hydrogen) atoms. The minimum Gasteiger partial charge on any atom is -0.316 e. The summed E-state index contributed by atoms with van der Waals surface area (Å²) in [5.41, 5.74) is 1.33. The van der Waals surface area contributed by atoms with Crippen molar-refractivity contribution in [2.45, 2.75) is 13.0 Å². The van der Waals surface area contributed by atoms with Gasteiger partial charge in [-0.2, -0.15) is 0 Å². The number of hydrogen-bond donors (Lipinski definition) is 1. The van der Waals surface area contributed by atoms with Crippen molar-refractivity contribution in [2.24, 2.45) is 11.8 Å². The Morgan fingerprint density at radius 3 is 2.74 bits per heavy atom. The number of nitrogens with zero attached hydrogens (tertiary/aromatic N) is 2. The van der Waals surface area contributed by atoms with Crippen LogP contribution in [-0.2, 0) is 6.54 Å². The van der Waals surface area contributed by atoms with Gasteiger partial charge < -0.3 is 5.32 Å². The molecule has 0 saturated carbocycles. The van der Waals surface area contributed by atoms with Gasteiger partial charge in [0.1, 0.15) is 0 Å². The SMILES string of the molecule is O=[N+]([O-])c1ccc(CN2CCC3CNCC3C2)cc1. The van der Waals surface area contributed by atoms with Crippen molar-refractivity contribution in [3.05, 3.63) is 39.9 Å². The van der Waals surface area contributed by atoms with Gasteiger partial charge in [-0.1, -0.05) is 12.1 Å². The molecule has 1 aromatic rings. The molecule has 102 valence electrons. The Morgan fingerprint density at radius 1 is 1.26 bits per heavy atom. The van der Waals surface area contributed by atoms with E-state index >= 15 is 0 Å². The normalized spacial score (nSPS) is 27.2. The summed E-state index contributed by atoms with van der Waals surface area (Å²) in [5, 5.41) is 14.1. The van der Waals surface area contributed by atoms with Crippen molar-refractivity contribution in [1.82, 2.24) is 10.2 Å². The van der Waals surface area contributed by atoms with Crippen LogP contribution in [0.4, 0.5) is 5.69 Å². The molecule has 2 atom stereocenters. The van der Waals surface area contributed by atoms with E-state index in [-0.39, 0.29) is 10.6 Å². The standard InChI is InChI=1S/C14H19N3O2/c18-17(19)14-3-1-11(2-4-14)9-16-6-5-12-7-15-8-13(12)10-16/h1-4,12-13,15H,5-10H2. The van der Waals surface area contributed by atoms with Gasteiger partial charge in [0.2, 0.25) is 0 Å². The lowest BCUT2D eigenvalue weighted by molar-refractivity contribution is -0.384. The number of benzene rings is 1. The second-order valence-corrected chi connectivity index (χ2v) is 5.63. The molecule has 0 aliphatic carbocycles. The molecule has 2 aliphatic rings. The molecule has 3 rings (SSSR count). The minimum atomic E-state index is -0.348. The Balaban J connectivity index is 1.60. The number of likely N-dealkylation sites (tertiary alicyclic amines) is 1. The molecule has 0 bridgehead atoms. The van der Waals surface area contributed by atoms with Crippen molar-refractivity contribution in [3.63, 3.8) is 0 Å². The van der Waals surface area contributed by atoms with Crippen LogP contribution in [0.3, 0.4) is 0 Å². The number of nitro benzene ring substituents is 1. The van der Waals surface area contributed by atoms with E-state index < -0.39 is 0 Å². The van der Waals surface area contributed by atoms with Crippen molar-refractivity contribution < 1.29 is 4.92 Å². The smallest absolute Gasteiger partial charge is 0.269 e. The quantitative estimate of drug-likeness (QED) is 0.664. The highest BCUT2D eigenvalue weighted by Crippen LogP contribution is 2.27. The van der Waals surface area contributed by atoms with Crippen LogP contribution in [0.5, 0.6) is 0 Å². The van der Waals surface area contributed by atoms with Gasteiger partial charge in [0, 0.05) is 25.2 Å². The van der Waals surface area contributed by atoms with E-state index in [2.05, 4.69) is 10.2 Å². The largest absolute Gasteiger partial charge is 0.316 e. The highest BCUT2D eigenvalue weighted by atomic mass is 16.6. The number of rotatable bonds is 3. The zero-order valence-corrected chi connectivity index (χ0v) is 10.9. The van der Waals surface area contributed by atoms with Gasteiger partial charge >= 0.3 is 0 Å². The topological polar surface area (TPSA) is 58.4 Å². The zero-order chi connectivity index (χ0) is 13.2. The monoisotopic (exact) mass is 261 g/mol. The fourth-order valence-electron chi connectivity index (χ4n) is 3.24. The summed E-state index contributed by atoms with van der Waals surface area (Å²) in [7, 11) is 0. The second kappa shape index (κ2) is 5.27. The maximum Gasteiger partial charge on any atom is 0.269 e. The number of nitro groups is 1. The van der Waals surface area contributed by atoms with Crippen LogP contribution in [0, 0.1) is 22.0 Å². The molecule has 2 aliphatic heterocycles. The van der Waals surface area contributed by atoms with Gasteiger partial charge in [-0.15, -0.1) is 0 Å². The number of hydrogen-bond acceptors (Lipinski definition) is 4. The molecule has 2 fully saturated rings. The van der Waals surface area contributed by atoms with Crippen LogP contribution < -0.4 is 5.32 Å². The summed E-state index contributed by atoms with van der Waals surface area (Å²) in [6.45, 7) is 5.51. The van der Waals surface area contributed by atoms with E-state index in [0.717, 1.165) is 43.6 Å². The minimum absolute atomic E-state index is 0.169. The fraction of sp³-hybridized carbons (Fsp3) is 0.571. The van der Waals surface area contributed by atoms with E-state index in [4.69, 9.17) is 0 Å². The molecule has 1 aromatic carbocycles. The molecular formula is C14H19N3O2. The van der Waals surface area contributed by atoms with Crippen LogP contribution in [0.2, 0.25) is 0 Å². The zero-order valence-electron chi connectivity index (χ0n) is 10.9. The van der Waals surface area contributed by atoms with Crippen LogP contribution in [0.1, 0.15) is 12.0 Å². The third-order valence-corrected chi connectivity index (χ3v) is 4.34. The first-order valence-electron chi connectivity index (χ1n) is 6.89.